The molecule has 1 aliphatic rings. The number of carbonyl (C=O) groups excluding carboxylic acids is 3. The van der Waals surface area contributed by atoms with E-state index < -0.39 is 24.1 Å². The van der Waals surface area contributed by atoms with Gasteiger partial charge in [-0.3, -0.25) is 9.59 Å². The van der Waals surface area contributed by atoms with Crippen molar-refractivity contribution < 1.29 is 23.9 Å². The second-order valence-corrected chi connectivity index (χ2v) is 8.20. The maximum atomic E-state index is 13.2. The van der Waals surface area contributed by atoms with Gasteiger partial charge in [-0.2, -0.15) is 5.26 Å². The lowest BCUT2D eigenvalue weighted by Crippen LogP contribution is -2.50. The molecule has 9 nitrogen and oxygen atoms in total. The molecule has 0 saturated carbocycles. The molecule has 2 aromatic carbocycles. The lowest BCUT2D eigenvalue weighted by Gasteiger charge is -2.26. The van der Waals surface area contributed by atoms with Gasteiger partial charge in [0.05, 0.1) is 13.2 Å². The summed E-state index contributed by atoms with van der Waals surface area (Å²) in [4.78, 5) is 39.5. The number of nitrogens with zero attached hydrogens (tertiary/aromatic N) is 2. The van der Waals surface area contributed by atoms with Crippen LogP contribution in [0.1, 0.15) is 41.6 Å². The molecule has 1 heterocycles. The Morgan fingerprint density at radius 1 is 1.14 bits per heavy atom. The quantitative estimate of drug-likeness (QED) is 0.507. The molecule has 1 unspecified atom stereocenters. The van der Waals surface area contributed by atoms with Crippen molar-refractivity contribution in [1.29, 1.82) is 5.26 Å². The van der Waals surface area contributed by atoms with Gasteiger partial charge in [-0.05, 0) is 55.5 Å². The molecule has 3 rings (SSSR count). The van der Waals surface area contributed by atoms with Crippen LogP contribution in [0.4, 0.5) is 4.79 Å². The largest absolute Gasteiger partial charge is 0.497 e. The van der Waals surface area contributed by atoms with Crippen LogP contribution >= 0.6 is 0 Å². The van der Waals surface area contributed by atoms with Crippen LogP contribution in [-0.2, 0) is 16.1 Å². The summed E-state index contributed by atoms with van der Waals surface area (Å²) in [5, 5.41) is 14.9. The van der Waals surface area contributed by atoms with Crippen LogP contribution in [-0.4, -0.2) is 55.1 Å². The third-order valence-electron chi connectivity index (χ3n) is 5.79. The summed E-state index contributed by atoms with van der Waals surface area (Å²) in [6.45, 7) is 0.920. The highest BCUT2D eigenvalue weighted by atomic mass is 16.5. The number of likely N-dealkylation sites (tertiary alicyclic amines) is 1. The predicted octanol–water partition coefficient (Wildman–Crippen LogP) is 3.01. The van der Waals surface area contributed by atoms with Crippen LogP contribution < -0.4 is 15.4 Å². The Labute approximate surface area is 205 Å². The molecule has 2 N–H and O–H groups in total. The number of methoxy groups -OCH3 is 1. The molecule has 1 saturated heterocycles. The van der Waals surface area contributed by atoms with Crippen molar-refractivity contribution in [3.05, 3.63) is 65.7 Å². The van der Waals surface area contributed by atoms with E-state index in [9.17, 15) is 19.6 Å². The SMILES string of the molecule is COc1ccc(C(=O)N[C@@H](CCCNC(=O)OCc2ccccc2)C(=O)N2CCCC2C#N)cc1. The Hall–Kier alpha value is -4.06. The van der Waals surface area contributed by atoms with Crippen LogP contribution in [0.15, 0.2) is 54.6 Å². The molecule has 0 aliphatic carbocycles. The molecule has 9 heteroatoms. The zero-order valence-corrected chi connectivity index (χ0v) is 19.7. The van der Waals surface area contributed by atoms with E-state index in [4.69, 9.17) is 9.47 Å². The van der Waals surface area contributed by atoms with Gasteiger partial charge in [0.1, 0.15) is 24.4 Å². The van der Waals surface area contributed by atoms with Gasteiger partial charge in [0.25, 0.3) is 5.91 Å². The number of ether oxygens (including phenoxy) is 2. The fourth-order valence-electron chi connectivity index (χ4n) is 3.88. The van der Waals surface area contributed by atoms with E-state index >= 15 is 0 Å². The Morgan fingerprint density at radius 2 is 1.89 bits per heavy atom. The van der Waals surface area contributed by atoms with Crippen LogP contribution in [0.2, 0.25) is 0 Å². The molecule has 0 spiro atoms. The number of nitrogens with one attached hydrogen (secondary N) is 2. The Balaban J connectivity index is 1.55. The number of hydrogen-bond acceptors (Lipinski definition) is 6. The number of alkyl carbamates (subject to hydrolysis) is 1. The first-order chi connectivity index (χ1) is 17.0. The van der Waals surface area contributed by atoms with Crippen molar-refractivity contribution in [2.24, 2.45) is 0 Å². The maximum absolute atomic E-state index is 13.2. The monoisotopic (exact) mass is 478 g/mol. The molecule has 1 aliphatic heterocycles. The highest BCUT2D eigenvalue weighted by molar-refractivity contribution is 5.97. The smallest absolute Gasteiger partial charge is 0.407 e. The average molecular weight is 479 g/mol. The number of benzene rings is 2. The molecular weight excluding hydrogens is 448 g/mol. The lowest BCUT2D eigenvalue weighted by atomic mass is 10.1. The second-order valence-electron chi connectivity index (χ2n) is 8.20. The normalized spacial score (nSPS) is 15.5. The molecule has 2 atom stereocenters. The standard InChI is InChI=1S/C26H30N4O5/c1-34-22-13-11-20(12-14-22)24(31)29-23(25(32)30-16-6-9-21(30)17-27)10-5-15-28-26(33)35-18-19-7-3-2-4-8-19/h2-4,7-8,11-14,21,23H,5-6,9-10,15-16,18H2,1H3,(H,28,33)(H,29,31)/t21?,23-/m0/s1. The molecule has 0 radical (unpaired) electrons. The Bertz CT molecular complexity index is 1040. The van der Waals surface area contributed by atoms with Gasteiger partial charge in [-0.1, -0.05) is 30.3 Å². The van der Waals surface area contributed by atoms with Crippen LogP contribution in [0, 0.1) is 11.3 Å². The summed E-state index contributed by atoms with van der Waals surface area (Å²) < 4.78 is 10.3. The summed E-state index contributed by atoms with van der Waals surface area (Å²) in [6, 6.07) is 16.8. The number of rotatable bonds is 10. The highest BCUT2D eigenvalue weighted by Crippen LogP contribution is 2.19. The zero-order chi connectivity index (χ0) is 25.0. The van der Waals surface area contributed by atoms with Gasteiger partial charge in [0, 0.05) is 18.7 Å². The zero-order valence-electron chi connectivity index (χ0n) is 19.7. The van der Waals surface area contributed by atoms with Crippen LogP contribution in [0.25, 0.3) is 0 Å². The van der Waals surface area contributed by atoms with E-state index in [0.717, 1.165) is 12.0 Å². The van der Waals surface area contributed by atoms with Crippen molar-refractivity contribution in [2.75, 3.05) is 20.2 Å². The molecule has 0 bridgehead atoms. The predicted molar refractivity (Wildman–Crippen MR) is 128 cm³/mol. The number of amides is 3. The fourth-order valence-corrected chi connectivity index (χ4v) is 3.88. The Kier molecular flexibility index (Phi) is 9.49. The summed E-state index contributed by atoms with van der Waals surface area (Å²) in [5.41, 5.74) is 1.27. The van der Waals surface area contributed by atoms with E-state index in [0.29, 0.717) is 37.1 Å². The first-order valence-corrected chi connectivity index (χ1v) is 11.6. The maximum Gasteiger partial charge on any atom is 0.407 e. The summed E-state index contributed by atoms with van der Waals surface area (Å²) in [6.07, 6.45) is 1.55. The van der Waals surface area contributed by atoms with E-state index in [1.54, 1.807) is 24.3 Å². The summed E-state index contributed by atoms with van der Waals surface area (Å²) in [5.74, 6) is -0.0650. The van der Waals surface area contributed by atoms with Crippen LogP contribution in [0.3, 0.4) is 0 Å². The average Bonchev–Trinajstić information content (AvgIpc) is 3.38. The van der Waals surface area contributed by atoms with Crippen molar-refractivity contribution in [3.63, 3.8) is 0 Å². The first-order valence-electron chi connectivity index (χ1n) is 11.6. The van der Waals surface area contributed by atoms with Crippen molar-refractivity contribution in [2.45, 2.75) is 44.4 Å². The van der Waals surface area contributed by atoms with Gasteiger partial charge in [0.2, 0.25) is 5.91 Å². The second kappa shape index (κ2) is 13.0. The third-order valence-corrected chi connectivity index (χ3v) is 5.79. The molecule has 0 aromatic heterocycles. The third kappa shape index (κ3) is 7.47. The van der Waals surface area contributed by atoms with Gasteiger partial charge in [-0.25, -0.2) is 4.79 Å². The summed E-state index contributed by atoms with van der Waals surface area (Å²) in [7, 11) is 1.54. The van der Waals surface area contributed by atoms with Crippen LogP contribution in [0.5, 0.6) is 5.75 Å². The van der Waals surface area contributed by atoms with E-state index in [-0.39, 0.29) is 19.1 Å². The van der Waals surface area contributed by atoms with Gasteiger partial charge >= 0.3 is 6.09 Å². The number of nitriles is 1. The first kappa shape index (κ1) is 25.6. The molecule has 2 aromatic rings. The van der Waals surface area contributed by atoms with E-state index in [2.05, 4.69) is 16.7 Å². The lowest BCUT2D eigenvalue weighted by molar-refractivity contribution is -0.133. The van der Waals surface area contributed by atoms with E-state index in [1.807, 2.05) is 30.3 Å². The topological polar surface area (TPSA) is 121 Å². The van der Waals surface area contributed by atoms with E-state index in [1.165, 1.54) is 12.0 Å². The summed E-state index contributed by atoms with van der Waals surface area (Å²) >= 11 is 0. The van der Waals surface area contributed by atoms with Crippen molar-refractivity contribution >= 4 is 17.9 Å². The fraction of sp³-hybridized carbons (Fsp3) is 0.385. The highest BCUT2D eigenvalue weighted by Gasteiger charge is 2.33. The van der Waals surface area contributed by atoms with Crippen molar-refractivity contribution in [3.8, 4) is 11.8 Å². The number of hydrogen-bond donors (Lipinski definition) is 2. The van der Waals surface area contributed by atoms with Gasteiger partial charge in [0.15, 0.2) is 0 Å². The minimum Gasteiger partial charge on any atom is -0.497 e. The minimum atomic E-state index is -0.819. The van der Waals surface area contributed by atoms with Crippen molar-refractivity contribution in [1.82, 2.24) is 15.5 Å². The molecular formula is C26H30N4O5. The Morgan fingerprint density at radius 3 is 2.57 bits per heavy atom. The molecule has 1 fully saturated rings. The van der Waals surface area contributed by atoms with Gasteiger partial charge in [-0.15, -0.1) is 0 Å². The minimum absolute atomic E-state index is 0.163. The number of carbonyl (C=O) groups is 3. The molecule has 184 valence electrons. The molecule has 35 heavy (non-hydrogen) atoms. The van der Waals surface area contributed by atoms with Gasteiger partial charge < -0.3 is 25.0 Å². The molecule has 3 amide bonds.